The topological polar surface area (TPSA) is 105 Å². The lowest BCUT2D eigenvalue weighted by Gasteiger charge is -2.27. The third-order valence-electron chi connectivity index (χ3n) is 5.62. The van der Waals surface area contributed by atoms with Crippen molar-refractivity contribution in [3.8, 4) is 6.07 Å². The number of anilines is 1. The molecule has 1 atom stereocenters. The highest BCUT2D eigenvalue weighted by Gasteiger charge is 2.25. The Hall–Kier alpha value is -2.38. The van der Waals surface area contributed by atoms with Crippen molar-refractivity contribution in [2.45, 2.75) is 37.8 Å². The van der Waals surface area contributed by atoms with Crippen molar-refractivity contribution in [2.24, 2.45) is 5.14 Å². The normalized spacial score (nSPS) is 14.4. The van der Waals surface area contributed by atoms with Crippen molar-refractivity contribution in [3.63, 3.8) is 0 Å². The number of halogens is 1. The smallest absolute Gasteiger partial charge is 0.229 e. The molecule has 1 aliphatic rings. The van der Waals surface area contributed by atoms with Gasteiger partial charge in [0.25, 0.3) is 0 Å². The van der Waals surface area contributed by atoms with Gasteiger partial charge < -0.3 is 9.87 Å². The zero-order chi connectivity index (χ0) is 23.5. The summed E-state index contributed by atoms with van der Waals surface area (Å²) in [5, 5.41) is 19.4. The summed E-state index contributed by atoms with van der Waals surface area (Å²) >= 11 is 6.30. The van der Waals surface area contributed by atoms with Gasteiger partial charge in [0.15, 0.2) is 4.90 Å². The number of nitriles is 1. The van der Waals surface area contributed by atoms with Crippen molar-refractivity contribution in [1.29, 1.82) is 5.26 Å². The fourth-order valence-corrected chi connectivity index (χ4v) is 5.80. The molecule has 0 fully saturated rings. The highest BCUT2D eigenvalue weighted by molar-refractivity contribution is 7.89. The Kier molecular flexibility index (Phi) is 7.39. The molecule has 1 unspecified atom stereocenters. The van der Waals surface area contributed by atoms with Crippen LogP contribution in [0, 0.1) is 18.3 Å². The van der Waals surface area contributed by atoms with Crippen molar-refractivity contribution < 1.29 is 9.35 Å². The van der Waals surface area contributed by atoms with Crippen LogP contribution in [-0.4, -0.2) is 21.9 Å². The third kappa shape index (κ3) is 5.58. The molecule has 3 N–H and O–H groups in total. The Morgan fingerprint density at radius 1 is 1.33 bits per heavy atom. The van der Waals surface area contributed by atoms with Crippen molar-refractivity contribution in [2.75, 3.05) is 11.9 Å². The van der Waals surface area contributed by atoms with E-state index in [1.165, 1.54) is 16.9 Å². The largest absolute Gasteiger partial charge is 0.593 e. The van der Waals surface area contributed by atoms with E-state index in [1.807, 2.05) is 12.1 Å². The number of nitrogens with two attached hydrogens (primary N) is 1. The number of benzene rings is 2. The first kappa shape index (κ1) is 23.8. The van der Waals surface area contributed by atoms with Crippen LogP contribution >= 0.6 is 22.9 Å². The van der Waals surface area contributed by atoms with Gasteiger partial charge in [-0.05, 0) is 48.2 Å². The average molecular weight is 499 g/mol. The van der Waals surface area contributed by atoms with Crippen molar-refractivity contribution in [3.05, 3.63) is 80.2 Å². The number of nitrogens with zero attached hydrogens (tertiary/aromatic N) is 2. The maximum absolute atomic E-state index is 12.6. The molecule has 0 radical (unpaired) electrons. The number of carbonyl (C=O) groups is 1. The van der Waals surface area contributed by atoms with Gasteiger partial charge in [0.2, 0.25) is 5.91 Å². The van der Waals surface area contributed by atoms with Crippen LogP contribution in [0.3, 0.4) is 0 Å². The summed E-state index contributed by atoms with van der Waals surface area (Å²) in [4.78, 5) is 16.6. The first-order chi connectivity index (χ1) is 15.8. The Balaban J connectivity index is 1.45. The number of amides is 1. The number of hydrogen-bond acceptors (Lipinski definition) is 6. The molecule has 33 heavy (non-hydrogen) atoms. The quantitative estimate of drug-likeness (QED) is 0.493. The predicted molar refractivity (Wildman–Crippen MR) is 132 cm³/mol. The van der Waals surface area contributed by atoms with E-state index in [9.17, 15) is 14.6 Å². The fraction of sp³-hybridized carbons (Fsp3) is 0.250. The molecule has 0 spiro atoms. The second-order valence-electron chi connectivity index (χ2n) is 8.04. The number of carbonyl (C=O) groups excluding carboxylic acids is 1. The minimum atomic E-state index is -1.55. The molecule has 1 aromatic heterocycles. The molecule has 3 aromatic rings. The van der Waals surface area contributed by atoms with Crippen LogP contribution in [0.25, 0.3) is 0 Å². The van der Waals surface area contributed by atoms with E-state index in [-0.39, 0.29) is 12.3 Å². The minimum Gasteiger partial charge on any atom is -0.593 e. The number of thiophene rings is 1. The highest BCUT2D eigenvalue weighted by Crippen LogP contribution is 2.37. The van der Waals surface area contributed by atoms with E-state index < -0.39 is 11.4 Å². The van der Waals surface area contributed by atoms with E-state index in [0.717, 1.165) is 46.1 Å². The lowest BCUT2D eigenvalue weighted by molar-refractivity contribution is -0.115. The number of aryl methyl sites for hydroxylation is 1. The van der Waals surface area contributed by atoms with Gasteiger partial charge >= 0.3 is 0 Å². The third-order valence-corrected chi connectivity index (χ3v) is 7.85. The molecule has 0 saturated heterocycles. The van der Waals surface area contributed by atoms with Gasteiger partial charge in [-0.25, -0.2) is 0 Å². The van der Waals surface area contributed by atoms with Crippen LogP contribution in [0.15, 0.2) is 47.4 Å². The number of hydrogen-bond donors (Lipinski definition) is 2. The maximum Gasteiger partial charge on any atom is 0.229 e. The second-order valence-corrected chi connectivity index (χ2v) is 10.6. The molecule has 9 heteroatoms. The zero-order valence-electron chi connectivity index (χ0n) is 18.1. The lowest BCUT2D eigenvalue weighted by Crippen LogP contribution is -2.29. The molecule has 6 nitrogen and oxygen atoms in total. The highest BCUT2D eigenvalue weighted by atomic mass is 35.5. The molecule has 1 amide bonds. The van der Waals surface area contributed by atoms with Gasteiger partial charge in [0.1, 0.15) is 11.1 Å². The molecule has 4 rings (SSSR count). The maximum atomic E-state index is 12.6. The van der Waals surface area contributed by atoms with E-state index in [0.29, 0.717) is 22.0 Å². The molecule has 170 valence electrons. The standard InChI is InChI=1S/C24H23ClN4O2S2/c1-15-2-7-21(25)17(10-15)13-29-9-8-19-20(12-26)24(32-22(19)14-29)28-23(30)11-16-3-5-18(6-4-16)33(27)31/h2-7,10H,8-9,11,13-14,27H2,1H3,(H,28,30). The summed E-state index contributed by atoms with van der Waals surface area (Å²) < 4.78 is 11.3. The Morgan fingerprint density at radius 3 is 2.79 bits per heavy atom. The number of fused-ring (bicyclic) bond motifs is 1. The predicted octanol–water partition coefficient (Wildman–Crippen LogP) is 4.30. The monoisotopic (exact) mass is 498 g/mol. The number of nitrogens with one attached hydrogen (secondary N) is 1. The van der Waals surface area contributed by atoms with Crippen LogP contribution in [0.2, 0.25) is 5.02 Å². The first-order valence-corrected chi connectivity index (χ1v) is 12.8. The molecule has 0 aliphatic carbocycles. The Labute approximate surface area is 205 Å². The lowest BCUT2D eigenvalue weighted by atomic mass is 10.0. The van der Waals surface area contributed by atoms with Crippen molar-refractivity contribution in [1.82, 2.24) is 4.90 Å². The molecule has 0 saturated carbocycles. The fourth-order valence-electron chi connectivity index (χ4n) is 3.96. The van der Waals surface area contributed by atoms with Crippen LogP contribution in [0.4, 0.5) is 5.00 Å². The van der Waals surface area contributed by atoms with Crippen LogP contribution in [-0.2, 0) is 42.1 Å². The summed E-state index contributed by atoms with van der Waals surface area (Å²) in [7, 11) is 0. The van der Waals surface area contributed by atoms with E-state index in [2.05, 4.69) is 29.3 Å². The molecule has 1 aliphatic heterocycles. The first-order valence-electron chi connectivity index (χ1n) is 10.4. The van der Waals surface area contributed by atoms with Gasteiger partial charge in [-0.2, -0.15) is 5.26 Å². The van der Waals surface area contributed by atoms with Gasteiger partial charge in [0, 0.05) is 29.5 Å². The zero-order valence-corrected chi connectivity index (χ0v) is 20.4. The molecule has 2 aromatic carbocycles. The summed E-state index contributed by atoms with van der Waals surface area (Å²) in [5.74, 6) is -0.199. The van der Waals surface area contributed by atoms with Gasteiger partial charge in [-0.1, -0.05) is 41.4 Å². The molecule has 2 heterocycles. The van der Waals surface area contributed by atoms with E-state index in [4.69, 9.17) is 16.7 Å². The average Bonchev–Trinajstić information content (AvgIpc) is 3.12. The molecular formula is C24H23ClN4O2S2. The van der Waals surface area contributed by atoms with Gasteiger partial charge in [0.05, 0.1) is 23.3 Å². The minimum absolute atomic E-state index is 0.156. The van der Waals surface area contributed by atoms with E-state index >= 15 is 0 Å². The second kappa shape index (κ2) is 10.3. The van der Waals surface area contributed by atoms with E-state index in [1.54, 1.807) is 24.3 Å². The van der Waals surface area contributed by atoms with Gasteiger partial charge in [-0.3, -0.25) is 9.69 Å². The number of rotatable bonds is 6. The SMILES string of the molecule is Cc1ccc(Cl)c(CN2CCc3c(sc(NC(=O)Cc4ccc([S+](N)[O-])cc4)c3C#N)C2)c1. The Morgan fingerprint density at radius 2 is 2.09 bits per heavy atom. The molecule has 0 bridgehead atoms. The van der Waals surface area contributed by atoms with Crippen molar-refractivity contribution >= 4 is 45.2 Å². The van der Waals surface area contributed by atoms with Crippen LogP contribution in [0.5, 0.6) is 0 Å². The van der Waals surface area contributed by atoms with Gasteiger partial charge in [-0.15, -0.1) is 16.5 Å². The summed E-state index contributed by atoms with van der Waals surface area (Å²) in [6.07, 6.45) is 0.911. The van der Waals surface area contributed by atoms with Crippen LogP contribution in [0.1, 0.15) is 32.7 Å². The summed E-state index contributed by atoms with van der Waals surface area (Å²) in [6, 6.07) is 15.1. The molecular weight excluding hydrogens is 476 g/mol. The van der Waals surface area contributed by atoms with Crippen LogP contribution < -0.4 is 10.5 Å². The summed E-state index contributed by atoms with van der Waals surface area (Å²) in [6.45, 7) is 4.33. The Bertz CT molecular complexity index is 1220. The summed E-state index contributed by atoms with van der Waals surface area (Å²) in [5.41, 5.74) is 4.63.